The first-order valence-electron chi connectivity index (χ1n) is 6.83. The van der Waals surface area contributed by atoms with Crippen LogP contribution in [-0.4, -0.2) is 37.1 Å². The molecule has 0 radical (unpaired) electrons. The van der Waals surface area contributed by atoms with E-state index in [9.17, 15) is 0 Å². The number of hydrogen-bond acceptors (Lipinski definition) is 2. The van der Waals surface area contributed by atoms with Crippen molar-refractivity contribution in [2.24, 2.45) is 0 Å². The van der Waals surface area contributed by atoms with E-state index in [0.29, 0.717) is 0 Å². The third-order valence-electron chi connectivity index (χ3n) is 3.52. The van der Waals surface area contributed by atoms with E-state index in [1.165, 1.54) is 58.2 Å². The minimum Gasteiger partial charge on any atom is -0.317 e. The molecule has 0 saturated carbocycles. The summed E-state index contributed by atoms with van der Waals surface area (Å²) in [5.74, 6) is 0. The lowest BCUT2D eigenvalue weighted by Gasteiger charge is -2.29. The second kappa shape index (κ2) is 8.12. The summed E-state index contributed by atoms with van der Waals surface area (Å²) in [7, 11) is 0. The van der Waals surface area contributed by atoms with Crippen LogP contribution in [0.4, 0.5) is 0 Å². The molecule has 1 N–H and O–H groups in total. The van der Waals surface area contributed by atoms with Gasteiger partial charge in [0.05, 0.1) is 0 Å². The lowest BCUT2D eigenvalue weighted by atomic mass is 10.1. The lowest BCUT2D eigenvalue weighted by molar-refractivity contribution is 0.192. The van der Waals surface area contributed by atoms with Gasteiger partial charge in [-0.25, -0.2) is 0 Å². The van der Waals surface area contributed by atoms with Crippen molar-refractivity contribution >= 4 is 0 Å². The van der Waals surface area contributed by atoms with Crippen molar-refractivity contribution in [3.8, 4) is 0 Å². The summed E-state index contributed by atoms with van der Waals surface area (Å²) in [6.45, 7) is 9.45. The Hall–Kier alpha value is -0.0800. The zero-order valence-electron chi connectivity index (χ0n) is 10.6. The molecule has 15 heavy (non-hydrogen) atoms. The van der Waals surface area contributed by atoms with E-state index < -0.39 is 0 Å². The maximum Gasteiger partial charge on any atom is 0.00926 e. The van der Waals surface area contributed by atoms with Gasteiger partial charge in [-0.3, -0.25) is 0 Å². The fourth-order valence-electron chi connectivity index (χ4n) is 2.58. The topological polar surface area (TPSA) is 15.3 Å². The molecule has 1 aliphatic rings. The number of likely N-dealkylation sites (tertiary alicyclic amines) is 1. The SMILES string of the molecule is CCNCCCN1CCCCCC1CC. The van der Waals surface area contributed by atoms with Gasteiger partial charge in [0.2, 0.25) is 0 Å². The van der Waals surface area contributed by atoms with Crippen molar-refractivity contribution in [3.05, 3.63) is 0 Å². The largest absolute Gasteiger partial charge is 0.317 e. The molecule has 1 heterocycles. The summed E-state index contributed by atoms with van der Waals surface area (Å²) in [4.78, 5) is 2.73. The average Bonchev–Trinajstić information content (AvgIpc) is 2.49. The molecule has 0 aromatic carbocycles. The molecule has 1 aliphatic heterocycles. The van der Waals surface area contributed by atoms with Gasteiger partial charge in [-0.1, -0.05) is 26.7 Å². The van der Waals surface area contributed by atoms with E-state index in [0.717, 1.165) is 12.6 Å². The first kappa shape index (κ1) is 13.0. The quantitative estimate of drug-likeness (QED) is 0.681. The standard InChI is InChI=1S/C13H28N2/c1-3-13-9-6-5-7-11-15(13)12-8-10-14-4-2/h13-14H,3-12H2,1-2H3. The Bertz CT molecular complexity index is 147. The molecule has 1 saturated heterocycles. The molecule has 0 spiro atoms. The van der Waals surface area contributed by atoms with Gasteiger partial charge in [-0.05, 0) is 51.9 Å². The van der Waals surface area contributed by atoms with Crippen LogP contribution in [0.15, 0.2) is 0 Å². The summed E-state index contributed by atoms with van der Waals surface area (Å²) in [6.07, 6.45) is 8.38. The summed E-state index contributed by atoms with van der Waals surface area (Å²) >= 11 is 0. The zero-order chi connectivity index (χ0) is 10.9. The Balaban J connectivity index is 2.22. The molecule has 0 amide bonds. The second-order valence-electron chi connectivity index (χ2n) is 4.65. The van der Waals surface area contributed by atoms with Crippen molar-refractivity contribution in [2.45, 2.75) is 58.4 Å². The molecular formula is C13H28N2. The smallest absolute Gasteiger partial charge is 0.00926 e. The molecule has 0 aliphatic carbocycles. The Labute approximate surface area is 95.4 Å². The van der Waals surface area contributed by atoms with E-state index >= 15 is 0 Å². The molecule has 0 aromatic rings. The summed E-state index contributed by atoms with van der Waals surface area (Å²) in [5, 5.41) is 3.41. The van der Waals surface area contributed by atoms with Crippen LogP contribution in [0.5, 0.6) is 0 Å². The fourth-order valence-corrected chi connectivity index (χ4v) is 2.58. The van der Waals surface area contributed by atoms with E-state index in [1.807, 2.05) is 0 Å². The van der Waals surface area contributed by atoms with Gasteiger partial charge < -0.3 is 10.2 Å². The van der Waals surface area contributed by atoms with Crippen LogP contribution in [-0.2, 0) is 0 Å². The van der Waals surface area contributed by atoms with Crippen molar-refractivity contribution in [2.75, 3.05) is 26.2 Å². The third-order valence-corrected chi connectivity index (χ3v) is 3.52. The van der Waals surface area contributed by atoms with Crippen LogP contribution in [0.1, 0.15) is 52.4 Å². The first-order chi connectivity index (χ1) is 7.38. The van der Waals surface area contributed by atoms with E-state index in [-0.39, 0.29) is 0 Å². The van der Waals surface area contributed by atoms with Gasteiger partial charge in [0.15, 0.2) is 0 Å². The Morgan fingerprint density at radius 1 is 1.20 bits per heavy atom. The minimum atomic E-state index is 0.870. The van der Waals surface area contributed by atoms with Gasteiger partial charge in [-0.15, -0.1) is 0 Å². The molecule has 0 aromatic heterocycles. The summed E-state index contributed by atoms with van der Waals surface area (Å²) in [5.41, 5.74) is 0. The highest BCUT2D eigenvalue weighted by molar-refractivity contribution is 4.74. The molecule has 2 nitrogen and oxygen atoms in total. The molecule has 0 bridgehead atoms. The number of hydrogen-bond donors (Lipinski definition) is 1. The molecule has 1 fully saturated rings. The van der Waals surface area contributed by atoms with Crippen molar-refractivity contribution in [1.82, 2.24) is 10.2 Å². The number of rotatable bonds is 6. The normalized spacial score (nSPS) is 24.0. The van der Waals surface area contributed by atoms with Crippen LogP contribution < -0.4 is 5.32 Å². The highest BCUT2D eigenvalue weighted by Gasteiger charge is 2.18. The van der Waals surface area contributed by atoms with Crippen molar-refractivity contribution in [1.29, 1.82) is 0 Å². The van der Waals surface area contributed by atoms with Gasteiger partial charge in [0.1, 0.15) is 0 Å². The highest BCUT2D eigenvalue weighted by Crippen LogP contribution is 2.18. The fraction of sp³-hybridized carbons (Fsp3) is 1.00. The Morgan fingerprint density at radius 3 is 2.80 bits per heavy atom. The third kappa shape index (κ3) is 4.98. The van der Waals surface area contributed by atoms with Crippen molar-refractivity contribution < 1.29 is 0 Å². The monoisotopic (exact) mass is 212 g/mol. The Kier molecular flexibility index (Phi) is 7.03. The minimum absolute atomic E-state index is 0.870. The maximum atomic E-state index is 3.41. The number of nitrogens with one attached hydrogen (secondary N) is 1. The van der Waals surface area contributed by atoms with Gasteiger partial charge in [0, 0.05) is 6.04 Å². The molecule has 1 rings (SSSR count). The predicted molar refractivity (Wildman–Crippen MR) is 67.3 cm³/mol. The Morgan fingerprint density at radius 2 is 2.07 bits per heavy atom. The average molecular weight is 212 g/mol. The number of nitrogens with zero attached hydrogens (tertiary/aromatic N) is 1. The van der Waals surface area contributed by atoms with Gasteiger partial charge >= 0.3 is 0 Å². The highest BCUT2D eigenvalue weighted by atomic mass is 15.2. The summed E-state index contributed by atoms with van der Waals surface area (Å²) < 4.78 is 0. The summed E-state index contributed by atoms with van der Waals surface area (Å²) in [6, 6.07) is 0.870. The maximum absolute atomic E-state index is 3.41. The van der Waals surface area contributed by atoms with Crippen LogP contribution in [0.25, 0.3) is 0 Å². The van der Waals surface area contributed by atoms with Crippen LogP contribution in [0.3, 0.4) is 0 Å². The van der Waals surface area contributed by atoms with Gasteiger partial charge in [0.25, 0.3) is 0 Å². The van der Waals surface area contributed by atoms with Crippen LogP contribution in [0, 0.1) is 0 Å². The van der Waals surface area contributed by atoms with Crippen LogP contribution >= 0.6 is 0 Å². The first-order valence-corrected chi connectivity index (χ1v) is 6.83. The molecular weight excluding hydrogens is 184 g/mol. The molecule has 2 heteroatoms. The van der Waals surface area contributed by atoms with E-state index in [1.54, 1.807) is 0 Å². The van der Waals surface area contributed by atoms with E-state index in [2.05, 4.69) is 24.1 Å². The molecule has 90 valence electrons. The van der Waals surface area contributed by atoms with Crippen molar-refractivity contribution in [3.63, 3.8) is 0 Å². The second-order valence-corrected chi connectivity index (χ2v) is 4.65. The van der Waals surface area contributed by atoms with E-state index in [4.69, 9.17) is 0 Å². The zero-order valence-corrected chi connectivity index (χ0v) is 10.6. The molecule has 1 unspecified atom stereocenters. The lowest BCUT2D eigenvalue weighted by Crippen LogP contribution is -2.36. The molecule has 1 atom stereocenters. The van der Waals surface area contributed by atoms with Gasteiger partial charge in [-0.2, -0.15) is 0 Å². The predicted octanol–water partition coefficient (Wildman–Crippen LogP) is 2.64. The van der Waals surface area contributed by atoms with Crippen LogP contribution in [0.2, 0.25) is 0 Å².